The number of nitrogens with zero attached hydrogens (tertiary/aromatic N) is 3. The Morgan fingerprint density at radius 3 is 2.73 bits per heavy atom. The number of ether oxygens (including phenoxy) is 1. The summed E-state index contributed by atoms with van der Waals surface area (Å²) in [4.78, 5) is 23.8. The Balaban J connectivity index is 1.56. The van der Waals surface area contributed by atoms with Crippen LogP contribution in [0.25, 0.3) is 34.2 Å². The number of hydrogen-bond donors (Lipinski definition) is 1. The zero-order valence-corrected chi connectivity index (χ0v) is 17.6. The van der Waals surface area contributed by atoms with Gasteiger partial charge in [0.05, 0.1) is 18.2 Å². The third-order valence-electron chi connectivity index (χ3n) is 4.73. The molecule has 4 rings (SSSR count). The van der Waals surface area contributed by atoms with Crippen LogP contribution in [0.15, 0.2) is 77.4 Å². The van der Waals surface area contributed by atoms with Crippen molar-refractivity contribution < 1.29 is 18.7 Å². The molecule has 1 amide bonds. The van der Waals surface area contributed by atoms with E-state index in [2.05, 4.69) is 10.4 Å². The van der Waals surface area contributed by atoms with Crippen LogP contribution in [0.5, 0.6) is 0 Å². The number of rotatable bonds is 8. The average Bonchev–Trinajstić information content (AvgIpc) is 3.46. The smallest absolute Gasteiger partial charge is 0.331 e. The number of benzene rings is 2. The summed E-state index contributed by atoms with van der Waals surface area (Å²) < 4.78 is 12.6. The molecule has 4 aromatic rings. The summed E-state index contributed by atoms with van der Waals surface area (Å²) >= 11 is 0. The van der Waals surface area contributed by atoms with Crippen molar-refractivity contribution >= 4 is 28.9 Å². The van der Waals surface area contributed by atoms with Crippen LogP contribution in [0.1, 0.15) is 12.0 Å². The molecule has 164 valence electrons. The van der Waals surface area contributed by atoms with Gasteiger partial charge in [-0.25, -0.2) is 9.48 Å². The predicted octanol–water partition coefficient (Wildman–Crippen LogP) is 3.87. The van der Waals surface area contributed by atoms with E-state index in [-0.39, 0.29) is 13.0 Å². The van der Waals surface area contributed by atoms with Crippen molar-refractivity contribution in [3.63, 3.8) is 0 Å². The largest absolute Gasteiger partial charge is 0.454 e. The van der Waals surface area contributed by atoms with Gasteiger partial charge in [-0.05, 0) is 30.3 Å². The molecule has 0 aliphatic heterocycles. The van der Waals surface area contributed by atoms with Crippen molar-refractivity contribution in [1.82, 2.24) is 15.1 Å². The molecule has 0 saturated heterocycles. The Bertz CT molecular complexity index is 1310. The second-order valence-electron chi connectivity index (χ2n) is 7.06. The van der Waals surface area contributed by atoms with Crippen molar-refractivity contribution in [3.8, 4) is 23.2 Å². The highest BCUT2D eigenvalue weighted by molar-refractivity contribution is 5.91. The molecule has 0 bridgehead atoms. The monoisotopic (exact) mass is 440 g/mol. The van der Waals surface area contributed by atoms with Gasteiger partial charge in [-0.15, -0.1) is 0 Å². The van der Waals surface area contributed by atoms with Crippen LogP contribution in [-0.2, 0) is 14.3 Å². The molecule has 0 fully saturated rings. The maximum Gasteiger partial charge on any atom is 0.331 e. The quantitative estimate of drug-likeness (QED) is 0.253. The van der Waals surface area contributed by atoms with Gasteiger partial charge >= 0.3 is 5.97 Å². The molecule has 0 radical (unpaired) electrons. The van der Waals surface area contributed by atoms with Gasteiger partial charge in [0.2, 0.25) is 0 Å². The summed E-state index contributed by atoms with van der Waals surface area (Å²) in [7, 11) is 0. The minimum absolute atomic E-state index is 0.190. The van der Waals surface area contributed by atoms with Crippen molar-refractivity contribution in [1.29, 1.82) is 5.26 Å². The van der Waals surface area contributed by atoms with Crippen molar-refractivity contribution in [2.45, 2.75) is 6.42 Å². The van der Waals surface area contributed by atoms with Gasteiger partial charge in [-0.1, -0.05) is 36.4 Å². The first-order valence-electron chi connectivity index (χ1n) is 10.3. The predicted molar refractivity (Wildman–Crippen MR) is 122 cm³/mol. The van der Waals surface area contributed by atoms with Crippen molar-refractivity contribution in [2.24, 2.45) is 0 Å². The lowest BCUT2D eigenvalue weighted by atomic mass is 10.2. The zero-order chi connectivity index (χ0) is 23.0. The number of amides is 1. The fourth-order valence-corrected chi connectivity index (χ4v) is 3.16. The molecule has 1 N–H and O–H groups in total. The SMILES string of the molecule is N#CCCNC(=O)COC(=O)/C=C/c1cn(-c2ccccc2)nc1-c1cc2ccccc2o1. The summed E-state index contributed by atoms with van der Waals surface area (Å²) in [6.45, 7) is -0.212. The van der Waals surface area contributed by atoms with Crippen molar-refractivity contribution in [2.75, 3.05) is 13.2 Å². The van der Waals surface area contributed by atoms with Gasteiger partial charge in [-0.2, -0.15) is 10.4 Å². The first kappa shape index (κ1) is 21.6. The number of carbonyl (C=O) groups excluding carboxylic acids is 2. The van der Waals surface area contributed by atoms with E-state index >= 15 is 0 Å². The van der Waals surface area contributed by atoms with Crippen LogP contribution in [0.4, 0.5) is 0 Å². The van der Waals surface area contributed by atoms with Crippen LogP contribution in [0.2, 0.25) is 0 Å². The topological polar surface area (TPSA) is 110 Å². The maximum absolute atomic E-state index is 12.1. The second kappa shape index (κ2) is 10.1. The van der Waals surface area contributed by atoms with E-state index < -0.39 is 18.5 Å². The van der Waals surface area contributed by atoms with E-state index in [1.54, 1.807) is 17.0 Å². The highest BCUT2D eigenvalue weighted by atomic mass is 16.5. The number of nitriles is 1. The van der Waals surface area contributed by atoms with E-state index in [1.807, 2.05) is 66.7 Å². The number of hydrogen-bond acceptors (Lipinski definition) is 6. The fraction of sp³-hybridized carbons (Fsp3) is 0.120. The van der Waals surface area contributed by atoms with E-state index in [1.165, 1.54) is 6.08 Å². The molecule has 0 saturated carbocycles. The molecule has 0 aliphatic carbocycles. The van der Waals surface area contributed by atoms with Gasteiger partial charge in [0.25, 0.3) is 5.91 Å². The van der Waals surface area contributed by atoms with E-state index in [9.17, 15) is 9.59 Å². The van der Waals surface area contributed by atoms with Gasteiger partial charge in [0.15, 0.2) is 12.4 Å². The Kier molecular flexibility index (Phi) is 6.61. The van der Waals surface area contributed by atoms with Crippen LogP contribution in [0, 0.1) is 11.3 Å². The molecule has 33 heavy (non-hydrogen) atoms. The minimum atomic E-state index is -0.673. The highest BCUT2D eigenvalue weighted by Crippen LogP contribution is 2.30. The van der Waals surface area contributed by atoms with Crippen LogP contribution in [0.3, 0.4) is 0 Å². The zero-order valence-electron chi connectivity index (χ0n) is 17.6. The van der Waals surface area contributed by atoms with E-state index in [0.29, 0.717) is 17.0 Å². The molecule has 2 aromatic carbocycles. The van der Waals surface area contributed by atoms with Crippen molar-refractivity contribution in [3.05, 3.63) is 78.5 Å². The maximum atomic E-state index is 12.1. The first-order valence-corrected chi connectivity index (χ1v) is 10.3. The molecule has 2 heterocycles. The summed E-state index contributed by atoms with van der Waals surface area (Å²) in [5, 5.41) is 16.6. The molecular formula is C25H20N4O4. The molecule has 8 nitrogen and oxygen atoms in total. The van der Waals surface area contributed by atoms with Crippen LogP contribution >= 0.6 is 0 Å². The summed E-state index contributed by atoms with van der Waals surface area (Å²) in [5.74, 6) is -0.573. The van der Waals surface area contributed by atoms with Crippen LogP contribution in [-0.4, -0.2) is 34.8 Å². The van der Waals surface area contributed by atoms with Gasteiger partial charge in [0.1, 0.15) is 11.3 Å². The Labute approximate surface area is 189 Å². The second-order valence-corrected chi connectivity index (χ2v) is 7.06. The highest BCUT2D eigenvalue weighted by Gasteiger charge is 2.15. The fourth-order valence-electron chi connectivity index (χ4n) is 3.16. The lowest BCUT2D eigenvalue weighted by Gasteiger charge is -2.02. The lowest BCUT2D eigenvalue weighted by molar-refractivity contribution is -0.143. The molecular weight excluding hydrogens is 420 g/mol. The molecule has 0 unspecified atom stereocenters. The lowest BCUT2D eigenvalue weighted by Crippen LogP contribution is -2.29. The summed E-state index contributed by atoms with van der Waals surface area (Å²) in [6.07, 6.45) is 4.79. The molecule has 0 atom stereocenters. The average molecular weight is 440 g/mol. The third-order valence-corrected chi connectivity index (χ3v) is 4.73. The Morgan fingerprint density at radius 2 is 1.94 bits per heavy atom. The molecule has 8 heteroatoms. The number of fused-ring (bicyclic) bond motifs is 1. The normalized spacial score (nSPS) is 10.9. The number of esters is 1. The van der Waals surface area contributed by atoms with Gasteiger partial charge in [-0.3, -0.25) is 4.79 Å². The summed E-state index contributed by atoms with van der Waals surface area (Å²) in [5.41, 5.74) is 2.80. The van der Waals surface area contributed by atoms with E-state index in [0.717, 1.165) is 16.7 Å². The Morgan fingerprint density at radius 1 is 1.15 bits per heavy atom. The Hall–Kier alpha value is -4.64. The number of carbonyl (C=O) groups is 2. The molecule has 0 spiro atoms. The van der Waals surface area contributed by atoms with Gasteiger partial charge in [0, 0.05) is 29.8 Å². The minimum Gasteiger partial charge on any atom is -0.454 e. The van der Waals surface area contributed by atoms with Crippen LogP contribution < -0.4 is 5.32 Å². The van der Waals surface area contributed by atoms with Gasteiger partial charge < -0.3 is 14.5 Å². The number of para-hydroxylation sites is 2. The van der Waals surface area contributed by atoms with E-state index in [4.69, 9.17) is 14.4 Å². The standard InChI is InChI=1S/C25H20N4O4/c26-13-6-14-27-23(30)17-32-24(31)12-11-19-16-29(20-8-2-1-3-9-20)28-25(19)22-15-18-7-4-5-10-21(18)33-22/h1-5,7-12,15-16H,6,14,17H2,(H,27,30)/b12-11+. The number of aromatic nitrogens is 2. The third kappa shape index (κ3) is 5.35. The number of nitrogens with one attached hydrogen (secondary N) is 1. The summed E-state index contributed by atoms with van der Waals surface area (Å²) in [6, 6.07) is 21.0. The molecule has 2 aromatic heterocycles. The first-order chi connectivity index (χ1) is 16.1. The molecule has 0 aliphatic rings. The number of furan rings is 1.